The molecule has 1 aromatic carbocycles. The summed E-state index contributed by atoms with van der Waals surface area (Å²) in [5, 5.41) is 7.68. The lowest BCUT2D eigenvalue weighted by molar-refractivity contribution is -0.0168. The van der Waals surface area contributed by atoms with Gasteiger partial charge in [-0.1, -0.05) is 0 Å². The molecule has 0 spiro atoms. The van der Waals surface area contributed by atoms with Gasteiger partial charge in [0.2, 0.25) is 5.82 Å². The summed E-state index contributed by atoms with van der Waals surface area (Å²) in [5.74, 6) is 2.64. The summed E-state index contributed by atoms with van der Waals surface area (Å²) in [7, 11) is 0. The first kappa shape index (κ1) is 16.0. The number of carbonyl (C=O) groups is 1. The van der Waals surface area contributed by atoms with Crippen LogP contribution in [0, 0.1) is 30.5 Å². The summed E-state index contributed by atoms with van der Waals surface area (Å²) < 4.78 is 14.7. The highest BCUT2D eigenvalue weighted by molar-refractivity contribution is 5.91. The molecule has 2 aromatic rings. The Balaban J connectivity index is 1.38. The summed E-state index contributed by atoms with van der Waals surface area (Å²) >= 11 is 0. The second-order valence-electron chi connectivity index (χ2n) is 8.52. The second-order valence-corrected chi connectivity index (χ2v) is 8.52. The van der Waals surface area contributed by atoms with E-state index in [1.807, 2.05) is 0 Å². The smallest absolute Gasteiger partial charge is 0.291 e. The Hall–Kier alpha value is -2.24. The normalized spacial score (nSPS) is 32.0. The van der Waals surface area contributed by atoms with Gasteiger partial charge in [0.15, 0.2) is 0 Å². The highest BCUT2D eigenvalue weighted by Gasteiger charge is 2.51. The third kappa shape index (κ3) is 2.63. The molecule has 4 fully saturated rings. The predicted molar refractivity (Wildman–Crippen MR) is 94.4 cm³/mol. The Morgan fingerprint density at radius 3 is 2.27 bits per heavy atom. The molecule has 26 heavy (non-hydrogen) atoms. The van der Waals surface area contributed by atoms with Crippen LogP contribution < -0.4 is 5.32 Å². The number of nitrogens with zero attached hydrogens (tertiary/aromatic N) is 3. The van der Waals surface area contributed by atoms with Gasteiger partial charge in [-0.2, -0.15) is 0 Å². The van der Waals surface area contributed by atoms with Crippen LogP contribution in [-0.2, 0) is 0 Å². The Labute approximate surface area is 152 Å². The third-order valence-corrected chi connectivity index (χ3v) is 6.46. The number of aromatic nitrogens is 3. The molecule has 4 bridgehead atoms. The minimum atomic E-state index is -0.300. The Kier molecular flexibility index (Phi) is 3.46. The van der Waals surface area contributed by atoms with Gasteiger partial charge in [-0.05, 0) is 87.5 Å². The van der Waals surface area contributed by atoms with E-state index in [9.17, 15) is 9.18 Å². The fourth-order valence-electron chi connectivity index (χ4n) is 5.87. The number of aryl methyl sites for hydroxylation is 1. The van der Waals surface area contributed by atoms with Crippen molar-refractivity contribution in [2.45, 2.75) is 51.0 Å². The molecule has 1 heterocycles. The molecule has 4 aliphatic rings. The van der Waals surface area contributed by atoms with Crippen molar-refractivity contribution in [2.24, 2.45) is 17.8 Å². The topological polar surface area (TPSA) is 59.8 Å². The van der Waals surface area contributed by atoms with Crippen LogP contribution in [0.3, 0.4) is 0 Å². The molecule has 1 amide bonds. The van der Waals surface area contributed by atoms with Crippen molar-refractivity contribution < 1.29 is 9.18 Å². The van der Waals surface area contributed by atoms with E-state index >= 15 is 0 Å². The quantitative estimate of drug-likeness (QED) is 0.919. The summed E-state index contributed by atoms with van der Waals surface area (Å²) in [6.07, 6.45) is 7.32. The summed E-state index contributed by atoms with van der Waals surface area (Å²) in [4.78, 5) is 17.2. The molecule has 0 saturated heterocycles. The molecule has 4 aliphatic carbocycles. The van der Waals surface area contributed by atoms with Crippen LogP contribution in [0.5, 0.6) is 0 Å². The average molecular weight is 354 g/mol. The number of nitrogens with one attached hydrogen (secondary N) is 1. The maximum absolute atomic E-state index is 13.1. The minimum absolute atomic E-state index is 0.0545. The first-order valence-corrected chi connectivity index (χ1v) is 9.52. The van der Waals surface area contributed by atoms with Gasteiger partial charge in [0.05, 0.1) is 5.69 Å². The highest BCUT2D eigenvalue weighted by atomic mass is 19.1. The largest absolute Gasteiger partial charge is 0.344 e. The summed E-state index contributed by atoms with van der Waals surface area (Å²) in [6.45, 7) is 1.80. The fraction of sp³-hybridized carbons (Fsp3) is 0.550. The third-order valence-electron chi connectivity index (χ3n) is 6.46. The number of amides is 1. The standard InChI is InChI=1S/C20H23FN4O/c1-12-22-18(24-25(12)17-4-2-16(21)3-5-17)19(26)23-20-9-13-6-14(10-20)8-15(7-13)11-20/h2-5,13-15H,6-11H2,1H3,(H,23,26). The molecule has 5 nitrogen and oxygen atoms in total. The molecule has 1 aromatic heterocycles. The minimum Gasteiger partial charge on any atom is -0.344 e. The van der Waals surface area contributed by atoms with Crippen molar-refractivity contribution >= 4 is 5.91 Å². The molecule has 0 atom stereocenters. The van der Waals surface area contributed by atoms with Crippen molar-refractivity contribution in [3.8, 4) is 5.69 Å². The van der Waals surface area contributed by atoms with Crippen molar-refractivity contribution in [1.29, 1.82) is 0 Å². The van der Waals surface area contributed by atoms with E-state index in [1.165, 1.54) is 31.4 Å². The van der Waals surface area contributed by atoms with Gasteiger partial charge >= 0.3 is 0 Å². The molecule has 1 N–H and O–H groups in total. The van der Waals surface area contributed by atoms with E-state index in [0.717, 1.165) is 37.0 Å². The van der Waals surface area contributed by atoms with Crippen molar-refractivity contribution in [1.82, 2.24) is 20.1 Å². The van der Waals surface area contributed by atoms with Gasteiger partial charge in [-0.15, -0.1) is 5.10 Å². The zero-order chi connectivity index (χ0) is 17.9. The second kappa shape index (κ2) is 5.63. The lowest BCUT2D eigenvalue weighted by atomic mass is 9.53. The van der Waals surface area contributed by atoms with Gasteiger partial charge in [0.1, 0.15) is 11.6 Å². The SMILES string of the molecule is Cc1nc(C(=O)NC23CC4CC(CC(C4)C2)C3)nn1-c1ccc(F)cc1. The van der Waals surface area contributed by atoms with E-state index in [-0.39, 0.29) is 23.1 Å². The van der Waals surface area contributed by atoms with E-state index in [0.29, 0.717) is 11.5 Å². The maximum atomic E-state index is 13.1. The molecule has 4 saturated carbocycles. The lowest BCUT2D eigenvalue weighted by Gasteiger charge is -2.56. The predicted octanol–water partition coefficient (Wildman–Crippen LogP) is 3.41. The Morgan fingerprint density at radius 1 is 1.12 bits per heavy atom. The van der Waals surface area contributed by atoms with E-state index < -0.39 is 0 Å². The van der Waals surface area contributed by atoms with Gasteiger partial charge in [-0.3, -0.25) is 4.79 Å². The summed E-state index contributed by atoms with van der Waals surface area (Å²) in [6, 6.07) is 6.03. The zero-order valence-electron chi connectivity index (χ0n) is 14.9. The number of benzene rings is 1. The zero-order valence-corrected chi connectivity index (χ0v) is 14.9. The van der Waals surface area contributed by atoms with Crippen LogP contribution in [0.4, 0.5) is 4.39 Å². The van der Waals surface area contributed by atoms with E-state index in [2.05, 4.69) is 15.4 Å². The van der Waals surface area contributed by atoms with Crippen LogP contribution >= 0.6 is 0 Å². The van der Waals surface area contributed by atoms with Gasteiger partial charge in [0.25, 0.3) is 5.91 Å². The van der Waals surface area contributed by atoms with Crippen LogP contribution in [0.25, 0.3) is 5.69 Å². The highest BCUT2D eigenvalue weighted by Crippen LogP contribution is 2.55. The number of halogens is 1. The molecular formula is C20H23FN4O. The molecule has 0 unspecified atom stereocenters. The molecule has 136 valence electrons. The van der Waals surface area contributed by atoms with Crippen molar-refractivity contribution in [2.75, 3.05) is 0 Å². The number of hydrogen-bond donors (Lipinski definition) is 1. The molecule has 0 aliphatic heterocycles. The van der Waals surface area contributed by atoms with E-state index in [4.69, 9.17) is 0 Å². The molecule has 6 heteroatoms. The van der Waals surface area contributed by atoms with Crippen molar-refractivity contribution in [3.05, 3.63) is 41.7 Å². The van der Waals surface area contributed by atoms with Crippen LogP contribution in [0.15, 0.2) is 24.3 Å². The lowest BCUT2D eigenvalue weighted by Crippen LogP contribution is -2.60. The van der Waals surface area contributed by atoms with Gasteiger partial charge < -0.3 is 5.32 Å². The first-order valence-electron chi connectivity index (χ1n) is 9.52. The first-order chi connectivity index (χ1) is 12.5. The molecule has 0 radical (unpaired) electrons. The summed E-state index contributed by atoms with van der Waals surface area (Å²) in [5.41, 5.74) is 0.645. The van der Waals surface area contributed by atoms with Gasteiger partial charge in [-0.25, -0.2) is 14.1 Å². The average Bonchev–Trinajstić information content (AvgIpc) is 2.96. The maximum Gasteiger partial charge on any atom is 0.291 e. The van der Waals surface area contributed by atoms with Crippen LogP contribution in [0.2, 0.25) is 0 Å². The molecular weight excluding hydrogens is 331 g/mol. The van der Waals surface area contributed by atoms with Gasteiger partial charge in [0, 0.05) is 5.54 Å². The molecule has 6 rings (SSSR count). The monoisotopic (exact) mass is 354 g/mol. The van der Waals surface area contributed by atoms with E-state index in [1.54, 1.807) is 23.7 Å². The number of rotatable bonds is 3. The Morgan fingerprint density at radius 2 is 1.69 bits per heavy atom. The van der Waals surface area contributed by atoms with Crippen LogP contribution in [0.1, 0.15) is 55.0 Å². The number of hydrogen-bond acceptors (Lipinski definition) is 3. The fourth-order valence-corrected chi connectivity index (χ4v) is 5.87. The van der Waals surface area contributed by atoms with Crippen molar-refractivity contribution in [3.63, 3.8) is 0 Å². The van der Waals surface area contributed by atoms with Crippen LogP contribution in [-0.4, -0.2) is 26.2 Å². The number of carbonyl (C=O) groups excluding carboxylic acids is 1. The Bertz CT molecular complexity index is 822.